The van der Waals surface area contributed by atoms with E-state index in [1.54, 1.807) is 36.4 Å². The molecule has 0 saturated heterocycles. The molecule has 2 heterocycles. The molecule has 1 aliphatic rings. The van der Waals surface area contributed by atoms with Gasteiger partial charge in [-0.05, 0) is 54.6 Å². The molecule has 32 heavy (non-hydrogen) atoms. The maximum atomic E-state index is 14.4. The summed E-state index contributed by atoms with van der Waals surface area (Å²) in [5, 5.41) is 13.0. The SMILES string of the molecule is O=C(Nc1ccc(OC2CC(F)(F)C2)cc1)c1cc(-c2ccc3n[nH]nc3n2)ccc1F. The number of pyridine rings is 1. The van der Waals surface area contributed by atoms with E-state index in [0.717, 1.165) is 0 Å². The van der Waals surface area contributed by atoms with Crippen LogP contribution in [0.1, 0.15) is 23.2 Å². The second-order valence-electron chi connectivity index (χ2n) is 7.54. The molecular weight excluding hydrogens is 423 g/mol. The third-order valence-electron chi connectivity index (χ3n) is 5.16. The van der Waals surface area contributed by atoms with Crippen molar-refractivity contribution in [3.05, 3.63) is 66.0 Å². The summed E-state index contributed by atoms with van der Waals surface area (Å²) in [7, 11) is 0. The molecule has 7 nitrogen and oxygen atoms in total. The van der Waals surface area contributed by atoms with Crippen LogP contribution in [0.5, 0.6) is 5.75 Å². The lowest BCUT2D eigenvalue weighted by molar-refractivity contribution is -0.134. The third kappa shape index (κ3) is 3.98. The second kappa shape index (κ2) is 7.63. The Bertz CT molecular complexity index is 1300. The second-order valence-corrected chi connectivity index (χ2v) is 7.54. The van der Waals surface area contributed by atoms with Gasteiger partial charge in [-0.3, -0.25) is 4.79 Å². The number of aromatic nitrogens is 4. The number of rotatable bonds is 5. The molecule has 0 radical (unpaired) electrons. The number of carbonyl (C=O) groups excluding carboxylic acids is 1. The Labute approximate surface area is 179 Å². The van der Waals surface area contributed by atoms with Gasteiger partial charge < -0.3 is 10.1 Å². The molecule has 2 aromatic heterocycles. The average Bonchev–Trinajstić information content (AvgIpc) is 3.22. The van der Waals surface area contributed by atoms with E-state index in [2.05, 4.69) is 25.7 Å². The van der Waals surface area contributed by atoms with E-state index in [-0.39, 0.29) is 18.4 Å². The Kier molecular flexibility index (Phi) is 4.76. The maximum absolute atomic E-state index is 14.4. The van der Waals surface area contributed by atoms with Crippen molar-refractivity contribution in [2.75, 3.05) is 5.32 Å². The van der Waals surface area contributed by atoms with Gasteiger partial charge in [-0.25, -0.2) is 18.2 Å². The number of carbonyl (C=O) groups is 1. The average molecular weight is 439 g/mol. The van der Waals surface area contributed by atoms with Gasteiger partial charge in [0.15, 0.2) is 0 Å². The number of alkyl halides is 2. The molecule has 162 valence electrons. The number of amides is 1. The predicted molar refractivity (Wildman–Crippen MR) is 110 cm³/mol. The smallest absolute Gasteiger partial charge is 0.258 e. The van der Waals surface area contributed by atoms with Crippen LogP contribution in [-0.2, 0) is 0 Å². The van der Waals surface area contributed by atoms with Crippen LogP contribution >= 0.6 is 0 Å². The fraction of sp³-hybridized carbons (Fsp3) is 0.182. The van der Waals surface area contributed by atoms with E-state index < -0.39 is 23.8 Å². The van der Waals surface area contributed by atoms with E-state index in [1.165, 1.54) is 18.2 Å². The molecule has 0 atom stereocenters. The molecule has 1 aliphatic carbocycles. The van der Waals surface area contributed by atoms with Crippen molar-refractivity contribution in [2.45, 2.75) is 24.9 Å². The summed E-state index contributed by atoms with van der Waals surface area (Å²) in [4.78, 5) is 17.0. The molecule has 5 rings (SSSR count). The zero-order valence-corrected chi connectivity index (χ0v) is 16.5. The molecule has 0 aliphatic heterocycles. The topological polar surface area (TPSA) is 92.8 Å². The van der Waals surface area contributed by atoms with Gasteiger partial charge in [0, 0.05) is 24.1 Å². The molecule has 0 unspecified atom stereocenters. The van der Waals surface area contributed by atoms with Crippen molar-refractivity contribution in [1.29, 1.82) is 0 Å². The minimum Gasteiger partial charge on any atom is -0.490 e. The quantitative estimate of drug-likeness (QED) is 0.475. The summed E-state index contributed by atoms with van der Waals surface area (Å²) in [5.41, 5.74) is 2.32. The number of aromatic amines is 1. The number of ether oxygens (including phenoxy) is 1. The largest absolute Gasteiger partial charge is 0.490 e. The van der Waals surface area contributed by atoms with Crippen LogP contribution < -0.4 is 10.1 Å². The van der Waals surface area contributed by atoms with Crippen molar-refractivity contribution in [3.8, 4) is 17.0 Å². The number of fused-ring (bicyclic) bond motifs is 1. The molecule has 4 aromatic rings. The highest BCUT2D eigenvalue weighted by Crippen LogP contribution is 2.39. The molecular formula is C22H16F3N5O2. The van der Waals surface area contributed by atoms with Crippen molar-refractivity contribution in [3.63, 3.8) is 0 Å². The van der Waals surface area contributed by atoms with Gasteiger partial charge in [-0.15, -0.1) is 5.10 Å². The third-order valence-corrected chi connectivity index (χ3v) is 5.16. The molecule has 1 amide bonds. The van der Waals surface area contributed by atoms with Crippen LogP contribution in [0.2, 0.25) is 0 Å². The summed E-state index contributed by atoms with van der Waals surface area (Å²) in [6.45, 7) is 0. The number of benzene rings is 2. The number of nitrogens with zero attached hydrogens (tertiary/aromatic N) is 3. The van der Waals surface area contributed by atoms with Gasteiger partial charge in [0.25, 0.3) is 11.8 Å². The normalized spacial score (nSPS) is 15.3. The first-order chi connectivity index (χ1) is 15.4. The summed E-state index contributed by atoms with van der Waals surface area (Å²) in [5.74, 6) is -3.56. The maximum Gasteiger partial charge on any atom is 0.258 e. The number of hydrogen-bond donors (Lipinski definition) is 2. The van der Waals surface area contributed by atoms with E-state index in [9.17, 15) is 18.0 Å². The van der Waals surface area contributed by atoms with Crippen LogP contribution in [0.3, 0.4) is 0 Å². The number of H-pyrrole nitrogens is 1. The fourth-order valence-electron chi connectivity index (χ4n) is 3.45. The highest BCUT2D eigenvalue weighted by Gasteiger charge is 2.46. The monoisotopic (exact) mass is 439 g/mol. The van der Waals surface area contributed by atoms with Gasteiger partial charge >= 0.3 is 0 Å². The number of anilines is 1. The molecule has 0 spiro atoms. The highest BCUT2D eigenvalue weighted by atomic mass is 19.3. The standard InChI is InChI=1S/C22H16F3N5O2/c23-17-6-1-12(18-7-8-19-20(27-18)29-30-28-19)9-16(17)21(31)26-13-2-4-14(5-3-13)32-15-10-22(24,25)11-15/h1-9,15H,10-11H2,(H,26,31)(H,27,28,29,30). The van der Waals surface area contributed by atoms with Gasteiger partial charge in [-0.1, -0.05) is 0 Å². The van der Waals surface area contributed by atoms with Gasteiger partial charge in [0.2, 0.25) is 5.65 Å². The van der Waals surface area contributed by atoms with Crippen molar-refractivity contribution in [1.82, 2.24) is 20.4 Å². The van der Waals surface area contributed by atoms with E-state index in [0.29, 0.717) is 33.9 Å². The van der Waals surface area contributed by atoms with Crippen LogP contribution in [-0.4, -0.2) is 38.3 Å². The Balaban J connectivity index is 1.30. The Morgan fingerprint density at radius 2 is 1.84 bits per heavy atom. The Hall–Kier alpha value is -3.95. The highest BCUT2D eigenvalue weighted by molar-refractivity contribution is 6.05. The molecule has 1 fully saturated rings. The Morgan fingerprint density at radius 1 is 1.06 bits per heavy atom. The first-order valence-corrected chi connectivity index (χ1v) is 9.80. The van der Waals surface area contributed by atoms with Crippen molar-refractivity contribution < 1.29 is 22.7 Å². The summed E-state index contributed by atoms with van der Waals surface area (Å²) >= 11 is 0. The summed E-state index contributed by atoms with van der Waals surface area (Å²) in [6, 6.07) is 13.8. The molecule has 2 N–H and O–H groups in total. The van der Waals surface area contributed by atoms with Crippen LogP contribution in [0.4, 0.5) is 18.9 Å². The number of halogens is 3. The molecule has 1 saturated carbocycles. The minimum atomic E-state index is -2.66. The van der Waals surface area contributed by atoms with Crippen LogP contribution in [0.25, 0.3) is 22.4 Å². The van der Waals surface area contributed by atoms with Gasteiger partial charge in [0.05, 0.1) is 11.3 Å². The summed E-state index contributed by atoms with van der Waals surface area (Å²) < 4.78 is 45.7. The number of nitrogens with one attached hydrogen (secondary N) is 2. The van der Waals surface area contributed by atoms with Gasteiger partial charge in [0.1, 0.15) is 23.2 Å². The fourth-order valence-corrected chi connectivity index (χ4v) is 3.45. The van der Waals surface area contributed by atoms with E-state index in [4.69, 9.17) is 4.74 Å². The predicted octanol–water partition coefficient (Wildman–Crippen LogP) is 4.59. The van der Waals surface area contributed by atoms with Gasteiger partial charge in [-0.2, -0.15) is 10.3 Å². The lowest BCUT2D eigenvalue weighted by Gasteiger charge is -2.34. The molecule has 2 aromatic carbocycles. The molecule has 0 bridgehead atoms. The van der Waals surface area contributed by atoms with Crippen LogP contribution in [0, 0.1) is 5.82 Å². The van der Waals surface area contributed by atoms with Crippen molar-refractivity contribution >= 4 is 22.8 Å². The minimum absolute atomic E-state index is 0.151. The van der Waals surface area contributed by atoms with Crippen LogP contribution in [0.15, 0.2) is 54.6 Å². The van der Waals surface area contributed by atoms with E-state index >= 15 is 0 Å². The lowest BCUT2D eigenvalue weighted by atomic mass is 9.91. The van der Waals surface area contributed by atoms with E-state index in [1.807, 2.05) is 0 Å². The summed E-state index contributed by atoms with van der Waals surface area (Å²) in [6.07, 6.45) is -1.13. The number of hydrogen-bond acceptors (Lipinski definition) is 5. The first kappa shape index (κ1) is 20.0. The Morgan fingerprint density at radius 3 is 2.59 bits per heavy atom. The van der Waals surface area contributed by atoms with Crippen molar-refractivity contribution in [2.24, 2.45) is 0 Å². The zero-order chi connectivity index (χ0) is 22.3. The first-order valence-electron chi connectivity index (χ1n) is 9.80. The molecule has 10 heteroatoms. The zero-order valence-electron chi connectivity index (χ0n) is 16.5. The lowest BCUT2D eigenvalue weighted by Crippen LogP contribution is -2.43.